The minimum atomic E-state index is -1.86. The summed E-state index contributed by atoms with van der Waals surface area (Å²) in [5.41, 5.74) is 22.2. The highest BCUT2D eigenvalue weighted by Gasteiger charge is 2.41. The first-order chi connectivity index (χ1) is 35.6. The van der Waals surface area contributed by atoms with E-state index < -0.39 is 164 Å². The Morgan fingerprint density at radius 3 is 1.52 bits per heavy atom. The number of carbonyl (C=O) groups excluding carboxylic acids is 12. The summed E-state index contributed by atoms with van der Waals surface area (Å²) < 4.78 is 0. The van der Waals surface area contributed by atoms with Crippen LogP contribution in [0.4, 0.5) is 0 Å². The lowest BCUT2D eigenvalue weighted by molar-refractivity contribution is -0.143. The van der Waals surface area contributed by atoms with Crippen molar-refractivity contribution < 1.29 is 67.7 Å². The van der Waals surface area contributed by atoms with Crippen LogP contribution in [0.2, 0.25) is 0 Å². The Kier molecular flexibility index (Phi) is 26.5. The van der Waals surface area contributed by atoms with Crippen LogP contribution in [0.1, 0.15) is 134 Å². The third-order valence-corrected chi connectivity index (χ3v) is 12.8. The molecule has 416 valence electrons. The highest BCUT2D eigenvalue weighted by atomic mass is 16.3. The molecule has 12 amide bonds. The first-order valence-electron chi connectivity index (χ1n) is 25.6. The number of unbranched alkanes of at least 4 members (excludes halogenated alkanes) is 9. The Balaban J connectivity index is 2.11. The topological polar surface area (TPSA) is 437 Å². The molecule has 2 aliphatic rings. The zero-order valence-electron chi connectivity index (χ0n) is 42.5. The molecule has 1 aromatic rings. The average molecular weight is 1060 g/mol. The second-order valence-electron chi connectivity index (χ2n) is 19.1. The molecule has 26 heteroatoms. The van der Waals surface area contributed by atoms with Gasteiger partial charge >= 0.3 is 0 Å². The lowest BCUT2D eigenvalue weighted by atomic mass is 10.0. The van der Waals surface area contributed by atoms with Crippen molar-refractivity contribution in [1.29, 1.82) is 0 Å². The fourth-order valence-corrected chi connectivity index (χ4v) is 8.79. The van der Waals surface area contributed by atoms with Crippen molar-refractivity contribution >= 4 is 70.9 Å². The maximum Gasteiger partial charge on any atom is 0.245 e. The number of hydrogen-bond donors (Lipinski definition) is 13. The number of fused-ring (bicyclic) bond motifs is 1. The van der Waals surface area contributed by atoms with Gasteiger partial charge in [-0.3, -0.25) is 57.5 Å². The van der Waals surface area contributed by atoms with E-state index in [4.69, 9.17) is 22.9 Å². The summed E-state index contributed by atoms with van der Waals surface area (Å²) in [5, 5.41) is 37.3. The Morgan fingerprint density at radius 2 is 1.00 bits per heavy atom. The van der Waals surface area contributed by atoms with Gasteiger partial charge in [-0.1, -0.05) is 83.3 Å². The average Bonchev–Trinajstić information content (AvgIpc) is 3.84. The van der Waals surface area contributed by atoms with Crippen LogP contribution in [-0.2, 0) is 64.0 Å². The molecule has 0 unspecified atom stereocenters. The van der Waals surface area contributed by atoms with Crippen LogP contribution in [-0.4, -0.2) is 147 Å². The lowest BCUT2D eigenvalue weighted by Gasteiger charge is -2.31. The summed E-state index contributed by atoms with van der Waals surface area (Å²) >= 11 is 0. The molecule has 0 bridgehead atoms. The molecular formula is C49H76N12O14. The van der Waals surface area contributed by atoms with E-state index in [0.717, 1.165) is 49.8 Å². The summed E-state index contributed by atoms with van der Waals surface area (Å²) in [5.74, 6) is -12.6. The number of nitrogens with zero attached hydrogens (tertiary/aromatic N) is 1. The van der Waals surface area contributed by atoms with Crippen molar-refractivity contribution in [3.8, 4) is 5.75 Å². The molecule has 0 radical (unpaired) electrons. The lowest BCUT2D eigenvalue weighted by Crippen LogP contribution is -2.60. The number of phenolic OH excluding ortho intramolecular Hbond substituents is 1. The van der Waals surface area contributed by atoms with E-state index in [1.54, 1.807) is 0 Å². The van der Waals surface area contributed by atoms with Crippen molar-refractivity contribution in [2.45, 2.75) is 184 Å². The number of nitrogens with two attached hydrogens (primary N) is 4. The van der Waals surface area contributed by atoms with Crippen LogP contribution in [0.15, 0.2) is 24.3 Å². The van der Waals surface area contributed by atoms with Crippen LogP contribution >= 0.6 is 0 Å². The first-order valence-corrected chi connectivity index (χ1v) is 25.6. The smallest absolute Gasteiger partial charge is 0.245 e. The fraction of sp³-hybridized carbons (Fsp3) is 0.633. The van der Waals surface area contributed by atoms with E-state index in [0.29, 0.717) is 18.4 Å². The Labute approximate surface area is 435 Å². The number of aromatic hydroxyl groups is 1. The molecule has 0 aliphatic carbocycles. The van der Waals surface area contributed by atoms with Gasteiger partial charge in [0.15, 0.2) is 0 Å². The van der Waals surface area contributed by atoms with Gasteiger partial charge < -0.3 is 75.3 Å². The number of aliphatic hydroxyl groups excluding tert-OH is 1. The molecule has 75 heavy (non-hydrogen) atoms. The van der Waals surface area contributed by atoms with Gasteiger partial charge in [0.2, 0.25) is 70.9 Å². The van der Waals surface area contributed by atoms with E-state index in [2.05, 4.69) is 44.1 Å². The number of aliphatic hydroxyl groups is 1. The van der Waals surface area contributed by atoms with Gasteiger partial charge in [0, 0.05) is 31.8 Å². The number of amides is 12. The van der Waals surface area contributed by atoms with Crippen molar-refractivity contribution in [1.82, 2.24) is 42.1 Å². The predicted molar refractivity (Wildman–Crippen MR) is 268 cm³/mol. The number of phenols is 1. The fourth-order valence-electron chi connectivity index (χ4n) is 8.79. The minimum Gasteiger partial charge on any atom is -0.508 e. The van der Waals surface area contributed by atoms with Gasteiger partial charge in [-0.05, 0) is 43.4 Å². The van der Waals surface area contributed by atoms with E-state index in [-0.39, 0.29) is 38.0 Å². The van der Waals surface area contributed by atoms with Gasteiger partial charge in [0.1, 0.15) is 48.0 Å². The minimum absolute atomic E-state index is 0.00342. The van der Waals surface area contributed by atoms with Crippen molar-refractivity contribution in [2.75, 3.05) is 13.2 Å². The van der Waals surface area contributed by atoms with E-state index in [9.17, 15) is 67.7 Å². The molecule has 2 heterocycles. The summed E-state index contributed by atoms with van der Waals surface area (Å²) in [7, 11) is 0. The summed E-state index contributed by atoms with van der Waals surface area (Å²) in [6.45, 7) is 1.05. The van der Waals surface area contributed by atoms with Crippen LogP contribution in [0, 0.1) is 0 Å². The number of rotatable bonds is 23. The standard InChI is InChI=1S/C49H76N12O14/c1-2-3-4-5-6-7-8-9-10-11-13-29-23-42(68)55-33(24-39(51)65)44(70)57-32(22-28-15-17-30(63)18-16-28)43(69)58-34(25-40(52)66)45(71)56-31(19-20-38(50)64)49(75)61-21-12-14-37(61)48(74)59-35(26-41(53)67)46(72)60-36(27-62)47(73)54-29/h15-18,29,31-37,62-63H,2-14,19-27H2,1H3,(H2,50,64)(H2,51,65)(H2,52,66)(H2,53,67)(H,54,73)(H,55,68)(H,56,71)(H,57,70)(H,58,69)(H,59,74)(H,60,72)/t29-,31+,32-,33+,34-,35-,36+,37+/m1/s1. The van der Waals surface area contributed by atoms with E-state index in [1.807, 2.05) is 0 Å². The van der Waals surface area contributed by atoms with Gasteiger partial charge in [-0.25, -0.2) is 0 Å². The zero-order valence-corrected chi connectivity index (χ0v) is 42.5. The van der Waals surface area contributed by atoms with Crippen molar-refractivity contribution in [2.24, 2.45) is 22.9 Å². The maximum absolute atomic E-state index is 14.3. The molecule has 2 saturated heterocycles. The molecule has 3 rings (SSSR count). The summed E-state index contributed by atoms with van der Waals surface area (Å²) in [4.78, 5) is 162. The number of benzene rings is 1. The van der Waals surface area contributed by atoms with E-state index >= 15 is 0 Å². The van der Waals surface area contributed by atoms with Gasteiger partial charge in [0.05, 0.1) is 25.9 Å². The zero-order chi connectivity index (χ0) is 55.6. The van der Waals surface area contributed by atoms with Crippen molar-refractivity contribution in [3.63, 3.8) is 0 Å². The van der Waals surface area contributed by atoms with Gasteiger partial charge in [-0.15, -0.1) is 0 Å². The van der Waals surface area contributed by atoms with E-state index in [1.165, 1.54) is 30.7 Å². The molecule has 0 aromatic heterocycles. The summed E-state index contributed by atoms with van der Waals surface area (Å²) in [6.07, 6.45) is 5.83. The van der Waals surface area contributed by atoms with Crippen LogP contribution in [0.3, 0.4) is 0 Å². The highest BCUT2D eigenvalue weighted by molar-refractivity contribution is 6.00. The Morgan fingerprint density at radius 1 is 0.547 bits per heavy atom. The Bertz CT molecular complexity index is 2180. The quantitative estimate of drug-likeness (QED) is 0.0484. The van der Waals surface area contributed by atoms with Crippen molar-refractivity contribution in [3.05, 3.63) is 29.8 Å². The van der Waals surface area contributed by atoms with Gasteiger partial charge in [-0.2, -0.15) is 0 Å². The monoisotopic (exact) mass is 1060 g/mol. The molecule has 8 atom stereocenters. The number of nitrogens with one attached hydrogen (secondary N) is 7. The first kappa shape index (κ1) is 61.9. The molecule has 17 N–H and O–H groups in total. The molecule has 26 nitrogen and oxygen atoms in total. The molecule has 1 aromatic carbocycles. The molecule has 2 fully saturated rings. The third kappa shape index (κ3) is 22.3. The van der Waals surface area contributed by atoms with Gasteiger partial charge in [0.25, 0.3) is 0 Å². The largest absolute Gasteiger partial charge is 0.508 e. The molecule has 2 aliphatic heterocycles. The summed E-state index contributed by atoms with van der Waals surface area (Å²) in [6, 6.07) is -7.34. The SMILES string of the molecule is CCCCCCCCCCCC[C@@H]1CC(=O)N[C@@H](CC(N)=O)C(=O)N[C@H](Cc2ccc(O)cc2)C(=O)N[C@H](CC(N)=O)C(=O)N[C@@H](CCC(N)=O)C(=O)N2CCC[C@H]2C(=O)N[C@H](CC(N)=O)C(=O)N[C@@H](CO)C(=O)N1. The third-order valence-electron chi connectivity index (χ3n) is 12.8. The Hall–Kier alpha value is -7.38. The maximum atomic E-state index is 14.3. The second kappa shape index (κ2) is 32.0. The number of primary amides is 4. The highest BCUT2D eigenvalue weighted by Crippen LogP contribution is 2.21. The van der Waals surface area contributed by atoms with Crippen LogP contribution in [0.5, 0.6) is 5.75 Å². The molecule has 0 saturated carbocycles. The second-order valence-corrected chi connectivity index (χ2v) is 19.1. The van der Waals surface area contributed by atoms with Crippen LogP contribution < -0.4 is 60.2 Å². The normalized spacial score (nSPS) is 23.9. The number of hydrogen-bond acceptors (Lipinski definition) is 14. The number of carbonyl (C=O) groups is 12. The van der Waals surface area contributed by atoms with Crippen LogP contribution in [0.25, 0.3) is 0 Å². The molecule has 0 spiro atoms. The predicted octanol–water partition coefficient (Wildman–Crippen LogP) is -3.08. The molecular weight excluding hydrogens is 981 g/mol.